The Morgan fingerprint density at radius 3 is 1.84 bits per heavy atom. The lowest BCUT2D eigenvalue weighted by Crippen LogP contribution is -2.26. The van der Waals surface area contributed by atoms with Gasteiger partial charge in [0, 0.05) is 17.8 Å². The first-order valence-electron chi connectivity index (χ1n) is 8.72. The van der Waals surface area contributed by atoms with Gasteiger partial charge in [-0.2, -0.15) is 0 Å². The molecule has 0 aliphatic rings. The molecule has 0 fully saturated rings. The summed E-state index contributed by atoms with van der Waals surface area (Å²) in [6.45, 7) is 8.53. The van der Waals surface area contributed by atoms with E-state index in [1.807, 2.05) is 10.8 Å². The van der Waals surface area contributed by atoms with E-state index >= 15 is 0 Å². The van der Waals surface area contributed by atoms with Crippen molar-refractivity contribution in [3.63, 3.8) is 0 Å². The van der Waals surface area contributed by atoms with Gasteiger partial charge in [0.1, 0.15) is 4.32 Å². The molecule has 4 heteroatoms. The highest BCUT2D eigenvalue weighted by Crippen LogP contribution is 2.40. The maximum Gasteiger partial charge on any atom is 0.147 e. The zero-order chi connectivity index (χ0) is 18.1. The molecule has 2 aromatic rings. The minimum Gasteiger partial charge on any atom is -0.348 e. The number of hydrogen-bond donors (Lipinski definition) is 0. The van der Waals surface area contributed by atoms with Gasteiger partial charge >= 0.3 is 0 Å². The predicted octanol–water partition coefficient (Wildman–Crippen LogP) is 6.93. The van der Waals surface area contributed by atoms with E-state index in [-0.39, 0.29) is 4.75 Å². The summed E-state index contributed by atoms with van der Waals surface area (Å²) >= 11 is 5.79. The van der Waals surface area contributed by atoms with Crippen LogP contribution in [-0.2, 0) is 13.1 Å². The monoisotopic (exact) mass is 389 g/mol. The SMILES string of the molecule is CCCC(C)(C)SSC(=S)N(Cc1ccccc1)Cc1ccccc1. The van der Waals surface area contributed by atoms with E-state index in [4.69, 9.17) is 12.2 Å². The smallest absolute Gasteiger partial charge is 0.147 e. The van der Waals surface area contributed by atoms with Gasteiger partial charge in [-0.1, -0.05) is 97.0 Å². The molecule has 0 atom stereocenters. The van der Waals surface area contributed by atoms with Crippen LogP contribution in [0.2, 0.25) is 0 Å². The van der Waals surface area contributed by atoms with Crippen LogP contribution < -0.4 is 0 Å². The zero-order valence-corrected chi connectivity index (χ0v) is 17.7. The molecule has 0 N–H and O–H groups in total. The van der Waals surface area contributed by atoms with Crippen LogP contribution in [0, 0.1) is 0 Å². The molecule has 0 unspecified atom stereocenters. The highest BCUT2D eigenvalue weighted by atomic mass is 33.1. The zero-order valence-electron chi connectivity index (χ0n) is 15.3. The van der Waals surface area contributed by atoms with Crippen molar-refractivity contribution in [2.45, 2.75) is 51.4 Å². The van der Waals surface area contributed by atoms with Gasteiger partial charge in [-0.05, 0) is 42.2 Å². The second-order valence-electron chi connectivity index (χ2n) is 6.77. The topological polar surface area (TPSA) is 3.24 Å². The second kappa shape index (κ2) is 10.2. The molecule has 0 aromatic heterocycles. The van der Waals surface area contributed by atoms with Crippen LogP contribution in [-0.4, -0.2) is 14.0 Å². The summed E-state index contributed by atoms with van der Waals surface area (Å²) in [6.07, 6.45) is 2.40. The molecule has 0 bridgehead atoms. The van der Waals surface area contributed by atoms with E-state index in [0.29, 0.717) is 0 Å². The Kier molecular flexibility index (Phi) is 8.34. The van der Waals surface area contributed by atoms with Crippen molar-refractivity contribution in [2.75, 3.05) is 0 Å². The molecule has 2 rings (SSSR count). The summed E-state index contributed by atoms with van der Waals surface area (Å²) in [4.78, 5) is 2.31. The highest BCUT2D eigenvalue weighted by molar-refractivity contribution is 8.84. The lowest BCUT2D eigenvalue weighted by molar-refractivity contribution is 0.421. The maximum atomic E-state index is 5.79. The van der Waals surface area contributed by atoms with Gasteiger partial charge in [-0.25, -0.2) is 0 Å². The standard InChI is InChI=1S/C21H27NS3/c1-4-15-21(2,3)25-24-20(23)22(16-18-11-7-5-8-12-18)17-19-13-9-6-10-14-19/h5-14H,4,15-17H2,1-3H3. The van der Waals surface area contributed by atoms with Crippen LogP contribution in [0.5, 0.6) is 0 Å². The van der Waals surface area contributed by atoms with Crippen LogP contribution in [0.3, 0.4) is 0 Å². The Hall–Kier alpha value is -0.970. The summed E-state index contributed by atoms with van der Waals surface area (Å²) in [5, 5.41) is 0. The summed E-state index contributed by atoms with van der Waals surface area (Å²) in [5.74, 6) is 0. The normalized spacial score (nSPS) is 11.3. The van der Waals surface area contributed by atoms with E-state index in [9.17, 15) is 0 Å². The van der Waals surface area contributed by atoms with Crippen molar-refractivity contribution in [3.05, 3.63) is 71.8 Å². The second-order valence-corrected chi connectivity index (χ2v) is 10.2. The molecule has 1 nitrogen and oxygen atoms in total. The van der Waals surface area contributed by atoms with Crippen LogP contribution in [0.4, 0.5) is 0 Å². The minimum atomic E-state index is 0.245. The molecule has 25 heavy (non-hydrogen) atoms. The molecule has 0 amide bonds. The molecule has 0 saturated heterocycles. The van der Waals surface area contributed by atoms with Gasteiger partial charge in [0.05, 0.1) is 0 Å². The number of nitrogens with zero attached hydrogens (tertiary/aromatic N) is 1. The molecule has 0 spiro atoms. The first kappa shape index (κ1) is 20.3. The van der Waals surface area contributed by atoms with Crippen molar-refractivity contribution in [3.8, 4) is 0 Å². The fourth-order valence-corrected chi connectivity index (χ4v) is 5.35. The summed E-state index contributed by atoms with van der Waals surface area (Å²) in [6, 6.07) is 21.1. The number of rotatable bonds is 8. The average Bonchev–Trinajstić information content (AvgIpc) is 2.61. The molecule has 0 radical (unpaired) electrons. The fourth-order valence-electron chi connectivity index (χ4n) is 2.64. The van der Waals surface area contributed by atoms with Gasteiger partial charge in [0.2, 0.25) is 0 Å². The third-order valence-electron chi connectivity index (χ3n) is 3.88. The Morgan fingerprint density at radius 2 is 1.40 bits per heavy atom. The minimum absolute atomic E-state index is 0.245. The molecule has 2 aromatic carbocycles. The first-order chi connectivity index (χ1) is 12.0. The Labute approximate surface area is 166 Å². The number of hydrogen-bond acceptors (Lipinski definition) is 3. The third-order valence-corrected chi connectivity index (χ3v) is 7.92. The van der Waals surface area contributed by atoms with Gasteiger partial charge in [-0.3, -0.25) is 0 Å². The van der Waals surface area contributed by atoms with Crippen molar-refractivity contribution < 1.29 is 0 Å². The van der Waals surface area contributed by atoms with Gasteiger partial charge in [0.15, 0.2) is 0 Å². The molecule has 134 valence electrons. The van der Waals surface area contributed by atoms with Crippen LogP contribution >= 0.6 is 33.8 Å². The average molecular weight is 390 g/mol. The quantitative estimate of drug-likeness (QED) is 0.355. The van der Waals surface area contributed by atoms with E-state index < -0.39 is 0 Å². The highest BCUT2D eigenvalue weighted by Gasteiger charge is 2.21. The third kappa shape index (κ3) is 7.43. The number of thiocarbonyl (C=S) groups is 1. The van der Waals surface area contributed by atoms with E-state index in [0.717, 1.165) is 17.4 Å². The van der Waals surface area contributed by atoms with Crippen molar-refractivity contribution in [1.29, 1.82) is 0 Å². The summed E-state index contributed by atoms with van der Waals surface area (Å²) in [7, 11) is 3.64. The van der Waals surface area contributed by atoms with E-state index in [1.165, 1.54) is 24.0 Å². The molecular formula is C21H27NS3. The molecule has 0 aliphatic carbocycles. The van der Waals surface area contributed by atoms with Gasteiger partial charge in [-0.15, -0.1) is 0 Å². The van der Waals surface area contributed by atoms with Crippen LogP contribution in [0.15, 0.2) is 60.7 Å². The maximum absolute atomic E-state index is 5.79. The van der Waals surface area contributed by atoms with E-state index in [2.05, 4.69) is 86.3 Å². The lowest BCUT2D eigenvalue weighted by Gasteiger charge is -2.28. The molecule has 0 heterocycles. The lowest BCUT2D eigenvalue weighted by atomic mass is 10.1. The van der Waals surface area contributed by atoms with Crippen molar-refractivity contribution in [2.24, 2.45) is 0 Å². The van der Waals surface area contributed by atoms with Gasteiger partial charge in [0.25, 0.3) is 0 Å². The first-order valence-corrected chi connectivity index (χ1v) is 11.3. The fraction of sp³-hybridized carbons (Fsp3) is 0.381. The predicted molar refractivity (Wildman–Crippen MR) is 119 cm³/mol. The van der Waals surface area contributed by atoms with Gasteiger partial charge < -0.3 is 4.90 Å². The Balaban J connectivity index is 2.06. The summed E-state index contributed by atoms with van der Waals surface area (Å²) < 4.78 is 1.20. The van der Waals surface area contributed by atoms with E-state index in [1.54, 1.807) is 10.8 Å². The summed E-state index contributed by atoms with van der Waals surface area (Å²) in [5.41, 5.74) is 2.58. The molecule has 0 saturated carbocycles. The van der Waals surface area contributed by atoms with Crippen LogP contribution in [0.1, 0.15) is 44.7 Å². The van der Waals surface area contributed by atoms with Crippen molar-refractivity contribution in [1.82, 2.24) is 4.90 Å². The Bertz CT molecular complexity index is 599. The van der Waals surface area contributed by atoms with Crippen LogP contribution in [0.25, 0.3) is 0 Å². The number of benzene rings is 2. The Morgan fingerprint density at radius 1 is 0.920 bits per heavy atom. The molecular weight excluding hydrogens is 362 g/mol. The van der Waals surface area contributed by atoms with Crippen molar-refractivity contribution >= 4 is 38.1 Å². The largest absolute Gasteiger partial charge is 0.348 e. The molecule has 0 aliphatic heterocycles.